The van der Waals surface area contributed by atoms with E-state index < -0.39 is 6.04 Å². The standard InChI is InChI=1S/C21H25N3O2.ClH/c25-20(18-10-5-2-6-11-18)23-19(16-17-8-3-1-4-9-17)21(26)24-14-7-12-22-13-15-24;/h1-6,8-11,19,22H,7,12-16H2,(H,23,25);1H. The molecule has 6 heteroatoms. The Morgan fingerprint density at radius 2 is 1.63 bits per heavy atom. The van der Waals surface area contributed by atoms with Crippen LogP contribution in [0.4, 0.5) is 0 Å². The smallest absolute Gasteiger partial charge is 0.251 e. The van der Waals surface area contributed by atoms with Gasteiger partial charge < -0.3 is 15.5 Å². The minimum absolute atomic E-state index is 0. The summed E-state index contributed by atoms with van der Waals surface area (Å²) in [5.41, 5.74) is 1.60. The van der Waals surface area contributed by atoms with Crippen molar-refractivity contribution in [2.24, 2.45) is 0 Å². The van der Waals surface area contributed by atoms with E-state index in [-0.39, 0.29) is 24.2 Å². The van der Waals surface area contributed by atoms with Crippen LogP contribution in [0.2, 0.25) is 0 Å². The van der Waals surface area contributed by atoms with Gasteiger partial charge >= 0.3 is 0 Å². The molecule has 1 fully saturated rings. The van der Waals surface area contributed by atoms with E-state index in [1.807, 2.05) is 53.4 Å². The fourth-order valence-electron chi connectivity index (χ4n) is 3.17. The first kappa shape index (κ1) is 20.9. The number of rotatable bonds is 5. The van der Waals surface area contributed by atoms with E-state index in [0.717, 1.165) is 31.6 Å². The lowest BCUT2D eigenvalue weighted by molar-refractivity contribution is -0.133. The summed E-state index contributed by atoms with van der Waals surface area (Å²) in [5.74, 6) is -0.227. The highest BCUT2D eigenvalue weighted by Crippen LogP contribution is 2.09. The lowest BCUT2D eigenvalue weighted by Gasteiger charge is -2.26. The van der Waals surface area contributed by atoms with Gasteiger partial charge in [0.1, 0.15) is 6.04 Å². The molecular formula is C21H26ClN3O2. The normalized spacial score (nSPS) is 15.2. The fourth-order valence-corrected chi connectivity index (χ4v) is 3.17. The molecule has 1 heterocycles. The number of carbonyl (C=O) groups is 2. The lowest BCUT2D eigenvalue weighted by Crippen LogP contribution is -2.50. The van der Waals surface area contributed by atoms with Crippen molar-refractivity contribution in [1.29, 1.82) is 0 Å². The van der Waals surface area contributed by atoms with Gasteiger partial charge in [-0.15, -0.1) is 12.4 Å². The highest BCUT2D eigenvalue weighted by atomic mass is 35.5. The van der Waals surface area contributed by atoms with Crippen molar-refractivity contribution in [3.8, 4) is 0 Å². The molecule has 0 bridgehead atoms. The minimum Gasteiger partial charge on any atom is -0.340 e. The molecule has 2 aromatic carbocycles. The van der Waals surface area contributed by atoms with Crippen molar-refractivity contribution in [1.82, 2.24) is 15.5 Å². The van der Waals surface area contributed by atoms with Gasteiger partial charge in [-0.05, 0) is 30.7 Å². The van der Waals surface area contributed by atoms with Crippen molar-refractivity contribution in [3.05, 3.63) is 71.8 Å². The summed E-state index contributed by atoms with van der Waals surface area (Å²) < 4.78 is 0. The Labute approximate surface area is 166 Å². The number of carbonyl (C=O) groups excluding carboxylic acids is 2. The van der Waals surface area contributed by atoms with Gasteiger partial charge in [-0.25, -0.2) is 0 Å². The van der Waals surface area contributed by atoms with Crippen LogP contribution in [0.3, 0.4) is 0 Å². The van der Waals surface area contributed by atoms with Gasteiger partial charge in [0, 0.05) is 31.6 Å². The van der Waals surface area contributed by atoms with E-state index >= 15 is 0 Å². The van der Waals surface area contributed by atoms with Crippen LogP contribution in [0.25, 0.3) is 0 Å². The van der Waals surface area contributed by atoms with Gasteiger partial charge in [0.25, 0.3) is 5.91 Å². The molecule has 0 saturated carbocycles. The Hall–Kier alpha value is -2.37. The molecule has 2 amide bonds. The molecule has 0 radical (unpaired) electrons. The van der Waals surface area contributed by atoms with Gasteiger partial charge in [0.05, 0.1) is 0 Å². The number of benzene rings is 2. The highest BCUT2D eigenvalue weighted by Gasteiger charge is 2.27. The lowest BCUT2D eigenvalue weighted by atomic mass is 10.0. The van der Waals surface area contributed by atoms with Crippen molar-refractivity contribution < 1.29 is 9.59 Å². The number of nitrogens with one attached hydrogen (secondary N) is 2. The number of hydrogen-bond donors (Lipinski definition) is 2. The molecule has 0 aromatic heterocycles. The third-order valence-electron chi connectivity index (χ3n) is 4.57. The van der Waals surface area contributed by atoms with E-state index in [1.54, 1.807) is 12.1 Å². The SMILES string of the molecule is Cl.O=C(NC(Cc1ccccc1)C(=O)N1CCCNCC1)c1ccccc1. The van der Waals surface area contributed by atoms with Crippen LogP contribution < -0.4 is 10.6 Å². The van der Waals surface area contributed by atoms with Crippen LogP contribution >= 0.6 is 12.4 Å². The van der Waals surface area contributed by atoms with Gasteiger partial charge in [-0.3, -0.25) is 9.59 Å². The molecule has 1 atom stereocenters. The minimum atomic E-state index is -0.566. The zero-order valence-electron chi connectivity index (χ0n) is 15.3. The monoisotopic (exact) mass is 387 g/mol. The molecule has 1 aliphatic rings. The number of halogens is 1. The summed E-state index contributed by atoms with van der Waals surface area (Å²) in [7, 11) is 0. The maximum atomic E-state index is 13.1. The second-order valence-electron chi connectivity index (χ2n) is 6.51. The first-order valence-corrected chi connectivity index (χ1v) is 9.13. The van der Waals surface area contributed by atoms with E-state index in [1.165, 1.54) is 0 Å². The third kappa shape index (κ3) is 6.08. The Morgan fingerprint density at radius 1 is 0.963 bits per heavy atom. The highest BCUT2D eigenvalue weighted by molar-refractivity contribution is 5.97. The van der Waals surface area contributed by atoms with Crippen LogP contribution in [0.15, 0.2) is 60.7 Å². The largest absolute Gasteiger partial charge is 0.340 e. The zero-order chi connectivity index (χ0) is 18.2. The van der Waals surface area contributed by atoms with E-state index in [9.17, 15) is 9.59 Å². The fraction of sp³-hybridized carbons (Fsp3) is 0.333. The average molecular weight is 388 g/mol. The van der Waals surface area contributed by atoms with Crippen molar-refractivity contribution in [2.45, 2.75) is 18.9 Å². The van der Waals surface area contributed by atoms with Crippen LogP contribution in [-0.4, -0.2) is 48.9 Å². The number of amides is 2. The molecule has 27 heavy (non-hydrogen) atoms. The third-order valence-corrected chi connectivity index (χ3v) is 4.57. The molecule has 2 aromatic rings. The second kappa shape index (κ2) is 10.7. The summed E-state index contributed by atoms with van der Waals surface area (Å²) in [6.07, 6.45) is 1.42. The Balaban J connectivity index is 0.00000261. The van der Waals surface area contributed by atoms with Crippen molar-refractivity contribution in [2.75, 3.05) is 26.2 Å². The van der Waals surface area contributed by atoms with Crippen molar-refractivity contribution in [3.63, 3.8) is 0 Å². The Morgan fingerprint density at radius 3 is 2.33 bits per heavy atom. The van der Waals surface area contributed by atoms with Gasteiger partial charge in [-0.2, -0.15) is 0 Å². The summed E-state index contributed by atoms with van der Waals surface area (Å²) in [6, 6.07) is 18.3. The summed E-state index contributed by atoms with van der Waals surface area (Å²) in [5, 5.41) is 6.25. The van der Waals surface area contributed by atoms with Gasteiger partial charge in [0.15, 0.2) is 0 Å². The quantitative estimate of drug-likeness (QED) is 0.827. The van der Waals surface area contributed by atoms with Crippen LogP contribution in [0.1, 0.15) is 22.3 Å². The maximum Gasteiger partial charge on any atom is 0.251 e. The van der Waals surface area contributed by atoms with E-state index in [4.69, 9.17) is 0 Å². The Kier molecular flexibility index (Phi) is 8.30. The molecule has 0 aliphatic carbocycles. The first-order valence-electron chi connectivity index (χ1n) is 9.13. The van der Waals surface area contributed by atoms with Gasteiger partial charge in [0.2, 0.25) is 5.91 Å². The molecule has 1 unspecified atom stereocenters. The topological polar surface area (TPSA) is 61.4 Å². The van der Waals surface area contributed by atoms with E-state index in [0.29, 0.717) is 18.5 Å². The van der Waals surface area contributed by atoms with Crippen LogP contribution in [0.5, 0.6) is 0 Å². The van der Waals surface area contributed by atoms with E-state index in [2.05, 4.69) is 10.6 Å². The molecule has 2 N–H and O–H groups in total. The molecule has 144 valence electrons. The molecule has 1 aliphatic heterocycles. The molecular weight excluding hydrogens is 362 g/mol. The molecule has 3 rings (SSSR count). The molecule has 5 nitrogen and oxygen atoms in total. The van der Waals surface area contributed by atoms with Gasteiger partial charge in [-0.1, -0.05) is 48.5 Å². The predicted molar refractivity (Wildman–Crippen MR) is 109 cm³/mol. The molecule has 0 spiro atoms. The van der Waals surface area contributed by atoms with Crippen LogP contribution in [0, 0.1) is 0 Å². The van der Waals surface area contributed by atoms with Crippen molar-refractivity contribution >= 4 is 24.2 Å². The molecule has 1 saturated heterocycles. The number of hydrogen-bond acceptors (Lipinski definition) is 3. The Bertz CT molecular complexity index is 717. The zero-order valence-corrected chi connectivity index (χ0v) is 16.1. The maximum absolute atomic E-state index is 13.1. The summed E-state index contributed by atoms with van der Waals surface area (Å²) >= 11 is 0. The van der Waals surface area contributed by atoms with Crippen LogP contribution in [-0.2, 0) is 11.2 Å². The predicted octanol–water partition coefficient (Wildman–Crippen LogP) is 2.27. The summed E-state index contributed by atoms with van der Waals surface area (Å²) in [6.45, 7) is 3.10. The first-order chi connectivity index (χ1) is 12.7. The second-order valence-corrected chi connectivity index (χ2v) is 6.51. The average Bonchev–Trinajstić information content (AvgIpc) is 2.98. The number of nitrogens with zero attached hydrogens (tertiary/aromatic N) is 1. The summed E-state index contributed by atoms with van der Waals surface area (Å²) in [4.78, 5) is 27.6.